The maximum Gasteiger partial charge on any atom is 0.186 e. The first-order valence-corrected chi connectivity index (χ1v) is 8.74. The summed E-state index contributed by atoms with van der Waals surface area (Å²) in [6.45, 7) is 3.99. The molecule has 1 aromatic heterocycles. The van der Waals surface area contributed by atoms with Crippen LogP contribution < -0.4 is 14.9 Å². The normalized spacial score (nSPS) is 15.8. The van der Waals surface area contributed by atoms with Gasteiger partial charge in [-0.25, -0.2) is 4.98 Å². The molecule has 0 saturated carbocycles. The Labute approximate surface area is 144 Å². The van der Waals surface area contributed by atoms with E-state index in [1.807, 2.05) is 12.1 Å². The SMILES string of the molecule is C[NH+]1CCN(c2nc(-c3ccc(Cl)cc3)c(CC(=O)[O-])s2)CC1. The maximum atomic E-state index is 11.1. The number of quaternary nitrogens is 1. The van der Waals surface area contributed by atoms with Crippen LogP contribution in [0.4, 0.5) is 5.13 Å². The first-order valence-electron chi connectivity index (χ1n) is 7.54. The zero-order valence-corrected chi connectivity index (χ0v) is 14.4. The molecule has 0 aliphatic carbocycles. The Bertz CT molecular complexity index is 694. The number of piperazine rings is 1. The van der Waals surface area contributed by atoms with Crippen LogP contribution in [0.1, 0.15) is 4.88 Å². The Morgan fingerprint density at radius 3 is 2.61 bits per heavy atom. The second kappa shape index (κ2) is 6.86. The topological polar surface area (TPSA) is 60.7 Å². The van der Waals surface area contributed by atoms with Crippen molar-refractivity contribution in [1.29, 1.82) is 0 Å². The van der Waals surface area contributed by atoms with Gasteiger partial charge < -0.3 is 19.7 Å². The van der Waals surface area contributed by atoms with E-state index in [-0.39, 0.29) is 6.42 Å². The van der Waals surface area contributed by atoms with Crippen molar-refractivity contribution in [3.8, 4) is 11.3 Å². The molecule has 1 fully saturated rings. The van der Waals surface area contributed by atoms with Crippen molar-refractivity contribution in [3.05, 3.63) is 34.2 Å². The number of rotatable bonds is 4. The van der Waals surface area contributed by atoms with Crippen LogP contribution in [-0.2, 0) is 11.2 Å². The van der Waals surface area contributed by atoms with Crippen molar-refractivity contribution in [2.45, 2.75) is 6.42 Å². The third kappa shape index (κ3) is 3.83. The van der Waals surface area contributed by atoms with E-state index in [0.717, 1.165) is 47.4 Å². The molecule has 0 unspecified atom stereocenters. The van der Waals surface area contributed by atoms with Crippen LogP contribution >= 0.6 is 22.9 Å². The molecule has 122 valence electrons. The van der Waals surface area contributed by atoms with Gasteiger partial charge >= 0.3 is 0 Å². The quantitative estimate of drug-likeness (QED) is 0.848. The van der Waals surface area contributed by atoms with Crippen molar-refractivity contribution < 1.29 is 14.8 Å². The van der Waals surface area contributed by atoms with Crippen molar-refractivity contribution in [1.82, 2.24) is 4.98 Å². The summed E-state index contributed by atoms with van der Waals surface area (Å²) in [7, 11) is 2.18. The summed E-state index contributed by atoms with van der Waals surface area (Å²) in [5, 5.41) is 12.6. The van der Waals surface area contributed by atoms with E-state index >= 15 is 0 Å². The molecule has 3 rings (SSSR count). The Morgan fingerprint density at radius 2 is 2.00 bits per heavy atom. The molecule has 7 heteroatoms. The van der Waals surface area contributed by atoms with Crippen LogP contribution in [-0.4, -0.2) is 44.2 Å². The molecule has 1 aliphatic heterocycles. The Morgan fingerprint density at radius 1 is 1.35 bits per heavy atom. The lowest BCUT2D eigenvalue weighted by Crippen LogP contribution is -3.12. The van der Waals surface area contributed by atoms with Gasteiger partial charge in [-0.1, -0.05) is 23.7 Å². The highest BCUT2D eigenvalue weighted by Gasteiger charge is 2.22. The minimum Gasteiger partial charge on any atom is -0.550 e. The predicted molar refractivity (Wildman–Crippen MR) is 90.1 cm³/mol. The van der Waals surface area contributed by atoms with E-state index < -0.39 is 5.97 Å². The van der Waals surface area contributed by atoms with E-state index in [1.165, 1.54) is 16.2 Å². The highest BCUT2D eigenvalue weighted by molar-refractivity contribution is 7.16. The van der Waals surface area contributed by atoms with Crippen molar-refractivity contribution in [2.75, 3.05) is 38.1 Å². The van der Waals surface area contributed by atoms with Crippen LogP contribution in [0, 0.1) is 0 Å². The number of benzene rings is 1. The van der Waals surface area contributed by atoms with Gasteiger partial charge in [0, 0.05) is 27.9 Å². The van der Waals surface area contributed by atoms with Gasteiger partial charge in [-0.15, -0.1) is 11.3 Å². The molecule has 1 aliphatic rings. The average molecular weight is 352 g/mol. The first kappa shape index (κ1) is 16.2. The fraction of sp³-hybridized carbons (Fsp3) is 0.375. The summed E-state index contributed by atoms with van der Waals surface area (Å²) in [6.07, 6.45) is -0.116. The first-order chi connectivity index (χ1) is 11.0. The van der Waals surface area contributed by atoms with Crippen LogP contribution in [0.3, 0.4) is 0 Å². The highest BCUT2D eigenvalue weighted by atomic mass is 35.5. The van der Waals surface area contributed by atoms with Crippen molar-refractivity contribution >= 4 is 34.0 Å². The average Bonchev–Trinajstić information content (AvgIpc) is 2.92. The van der Waals surface area contributed by atoms with E-state index in [2.05, 4.69) is 11.9 Å². The molecule has 0 amide bonds. The lowest BCUT2D eigenvalue weighted by Gasteiger charge is -2.29. The Kier molecular flexibility index (Phi) is 4.84. The molecule has 1 N–H and O–H groups in total. The molecule has 23 heavy (non-hydrogen) atoms. The number of thiazole rings is 1. The summed E-state index contributed by atoms with van der Waals surface area (Å²) < 4.78 is 0. The number of carboxylic acid groups (broad SMARTS) is 1. The molecule has 2 aromatic rings. The number of nitrogens with zero attached hydrogens (tertiary/aromatic N) is 2. The summed E-state index contributed by atoms with van der Waals surface area (Å²) in [6, 6.07) is 7.32. The van der Waals surface area contributed by atoms with Gasteiger partial charge in [0.25, 0.3) is 0 Å². The number of likely N-dealkylation sites (N-methyl/N-ethyl adjacent to an activating group) is 1. The van der Waals surface area contributed by atoms with Crippen molar-refractivity contribution in [3.63, 3.8) is 0 Å². The van der Waals surface area contributed by atoms with Gasteiger partial charge in [-0.2, -0.15) is 0 Å². The minimum absolute atomic E-state index is 0.116. The van der Waals surface area contributed by atoms with Gasteiger partial charge in [-0.05, 0) is 12.1 Å². The van der Waals surface area contributed by atoms with E-state index in [0.29, 0.717) is 5.02 Å². The summed E-state index contributed by atoms with van der Waals surface area (Å²) in [5.74, 6) is -1.08. The van der Waals surface area contributed by atoms with E-state index in [4.69, 9.17) is 16.6 Å². The number of nitrogens with one attached hydrogen (secondary N) is 1. The van der Waals surface area contributed by atoms with Crippen LogP contribution in [0.15, 0.2) is 24.3 Å². The monoisotopic (exact) mass is 351 g/mol. The second-order valence-corrected chi connectivity index (χ2v) is 7.27. The maximum absolute atomic E-state index is 11.1. The third-order valence-corrected chi connectivity index (χ3v) is 5.36. The number of anilines is 1. The van der Waals surface area contributed by atoms with Gasteiger partial charge in [0.1, 0.15) is 0 Å². The fourth-order valence-corrected chi connectivity index (χ4v) is 3.88. The second-order valence-electron chi connectivity index (χ2n) is 5.77. The summed E-state index contributed by atoms with van der Waals surface area (Å²) in [5.41, 5.74) is 1.60. The largest absolute Gasteiger partial charge is 0.550 e. The smallest absolute Gasteiger partial charge is 0.186 e. The summed E-state index contributed by atoms with van der Waals surface area (Å²) in [4.78, 5) is 20.2. The lowest BCUT2D eigenvalue weighted by atomic mass is 10.1. The molecular weight excluding hydrogens is 334 g/mol. The number of carbonyl (C=O) groups is 1. The van der Waals surface area contributed by atoms with Gasteiger partial charge in [0.05, 0.1) is 38.9 Å². The number of hydrogen-bond acceptors (Lipinski definition) is 5. The molecule has 5 nitrogen and oxygen atoms in total. The third-order valence-electron chi connectivity index (χ3n) is 4.00. The molecule has 0 radical (unpaired) electrons. The minimum atomic E-state index is -1.08. The van der Waals surface area contributed by atoms with Crippen LogP contribution in [0.25, 0.3) is 11.3 Å². The standard InChI is InChI=1S/C16H18ClN3O2S/c1-19-6-8-20(9-7-19)16-18-15(13(23-16)10-14(21)22)11-2-4-12(17)5-3-11/h2-5H,6-10H2,1H3,(H,21,22). The van der Waals surface area contributed by atoms with Gasteiger partial charge in [0.15, 0.2) is 5.13 Å². The number of halogens is 1. The molecule has 2 heterocycles. The number of aliphatic carboxylic acids is 1. The molecule has 1 saturated heterocycles. The Balaban J connectivity index is 1.93. The molecule has 0 atom stereocenters. The zero-order valence-electron chi connectivity index (χ0n) is 12.8. The summed E-state index contributed by atoms with van der Waals surface area (Å²) >= 11 is 7.38. The number of hydrogen-bond donors (Lipinski definition) is 1. The van der Waals surface area contributed by atoms with Crippen LogP contribution in [0.5, 0.6) is 0 Å². The predicted octanol–water partition coefficient (Wildman–Crippen LogP) is 0.0906. The van der Waals surface area contributed by atoms with E-state index in [1.54, 1.807) is 12.1 Å². The van der Waals surface area contributed by atoms with Gasteiger partial charge in [0.2, 0.25) is 0 Å². The molecular formula is C16H18ClN3O2S. The lowest BCUT2D eigenvalue weighted by molar-refractivity contribution is -0.880. The zero-order chi connectivity index (χ0) is 16.4. The highest BCUT2D eigenvalue weighted by Crippen LogP contribution is 2.34. The van der Waals surface area contributed by atoms with Crippen molar-refractivity contribution in [2.24, 2.45) is 0 Å². The Hall–Kier alpha value is -1.63. The molecule has 1 aromatic carbocycles. The number of carboxylic acids is 1. The van der Waals surface area contributed by atoms with Gasteiger partial charge in [-0.3, -0.25) is 0 Å². The van der Waals surface area contributed by atoms with E-state index in [9.17, 15) is 9.90 Å². The fourth-order valence-electron chi connectivity index (χ4n) is 2.64. The molecule has 0 bridgehead atoms. The number of carbonyl (C=O) groups excluding carboxylic acids is 1. The van der Waals surface area contributed by atoms with Crippen LogP contribution in [0.2, 0.25) is 5.02 Å². The molecule has 0 spiro atoms. The number of aromatic nitrogens is 1.